The Kier molecular flexibility index (Phi) is 6.14. The molecule has 0 fully saturated rings. The number of hydrogen-bond donors (Lipinski definition) is 0. The Labute approximate surface area is 233 Å². The normalized spacial score (nSPS) is 12.5. The predicted octanol–water partition coefficient (Wildman–Crippen LogP) is 6.58. The molecule has 41 heavy (non-hydrogen) atoms. The zero-order valence-corrected chi connectivity index (χ0v) is 22.3. The van der Waals surface area contributed by atoms with Gasteiger partial charge >= 0.3 is 11.9 Å². The molecular weight excluding hydrogens is 557 g/mol. The van der Waals surface area contributed by atoms with E-state index in [9.17, 15) is 28.1 Å². The van der Waals surface area contributed by atoms with E-state index in [1.165, 1.54) is 11.3 Å². The first-order valence-corrected chi connectivity index (χ1v) is 13.1. The van der Waals surface area contributed by atoms with Crippen LogP contribution in [0, 0.1) is 24.0 Å². The van der Waals surface area contributed by atoms with Crippen molar-refractivity contribution in [1.82, 2.24) is 14.0 Å². The number of nitro benzene ring substituents is 1. The Morgan fingerprint density at radius 2 is 1.76 bits per heavy atom. The second kappa shape index (κ2) is 9.59. The summed E-state index contributed by atoms with van der Waals surface area (Å²) in [4.78, 5) is 28.8. The fourth-order valence-corrected chi connectivity index (χ4v) is 5.77. The van der Waals surface area contributed by atoms with Gasteiger partial charge in [-0.25, -0.2) is 9.38 Å². The molecule has 12 heteroatoms. The summed E-state index contributed by atoms with van der Waals surface area (Å²) in [5, 5.41) is 11.4. The van der Waals surface area contributed by atoms with Crippen molar-refractivity contribution in [1.29, 1.82) is 0 Å². The number of para-hydroxylation sites is 2. The van der Waals surface area contributed by atoms with Gasteiger partial charge in [0.2, 0.25) is 5.75 Å². The molecule has 206 valence electrons. The van der Waals surface area contributed by atoms with Crippen LogP contribution in [0.4, 0.5) is 18.9 Å². The number of aryl methyl sites for hydroxylation is 1. The molecule has 0 aliphatic rings. The summed E-state index contributed by atoms with van der Waals surface area (Å²) in [7, 11) is 0. The highest BCUT2D eigenvalue weighted by atomic mass is 32.1. The van der Waals surface area contributed by atoms with Crippen molar-refractivity contribution in [3.8, 4) is 17.2 Å². The van der Waals surface area contributed by atoms with E-state index in [1.54, 1.807) is 28.7 Å². The van der Waals surface area contributed by atoms with Gasteiger partial charge in [0.05, 0.1) is 26.1 Å². The zero-order chi connectivity index (χ0) is 29.1. The van der Waals surface area contributed by atoms with E-state index in [0.29, 0.717) is 15.6 Å². The maximum atomic E-state index is 13.2. The number of halogens is 3. The van der Waals surface area contributed by atoms with Crippen LogP contribution in [0.15, 0.2) is 77.6 Å². The van der Waals surface area contributed by atoms with Crippen LogP contribution in [0.25, 0.3) is 27.8 Å². The Morgan fingerprint density at radius 3 is 2.46 bits per heavy atom. The molecule has 0 radical (unpaired) electrons. The molecule has 3 aromatic heterocycles. The Hall–Kier alpha value is -4.97. The molecule has 6 aromatic rings. The van der Waals surface area contributed by atoms with Gasteiger partial charge in [-0.05, 0) is 80.1 Å². The van der Waals surface area contributed by atoms with E-state index >= 15 is 0 Å². The van der Waals surface area contributed by atoms with Crippen LogP contribution in [-0.4, -0.2) is 18.9 Å². The first-order valence-electron chi connectivity index (χ1n) is 12.3. The van der Waals surface area contributed by atoms with Gasteiger partial charge in [0.25, 0.3) is 5.56 Å². The SMILES string of the molecule is Cc1cc(/C=c2/sc3nc4ccccc4n3c2=O)c(C)n1-c1ccc(Oc2ccc(C(F)(F)F)cc2[N+](=O)[O-])cc1. The number of fused-ring (bicyclic) bond motifs is 3. The summed E-state index contributed by atoms with van der Waals surface area (Å²) in [5.41, 5.74) is 2.88. The van der Waals surface area contributed by atoms with Crippen LogP contribution in [0.2, 0.25) is 0 Å². The number of imidazole rings is 1. The van der Waals surface area contributed by atoms with E-state index < -0.39 is 22.4 Å². The minimum absolute atomic E-state index is 0.137. The minimum Gasteiger partial charge on any atom is -0.450 e. The van der Waals surface area contributed by atoms with Gasteiger partial charge in [0, 0.05) is 23.1 Å². The van der Waals surface area contributed by atoms with Crippen molar-refractivity contribution in [2.75, 3.05) is 0 Å². The summed E-state index contributed by atoms with van der Waals surface area (Å²) in [6, 6.07) is 18.2. The highest BCUT2D eigenvalue weighted by Gasteiger charge is 2.33. The number of aromatic nitrogens is 3. The van der Waals surface area contributed by atoms with E-state index in [2.05, 4.69) is 4.98 Å². The van der Waals surface area contributed by atoms with Crippen LogP contribution in [-0.2, 0) is 6.18 Å². The predicted molar refractivity (Wildman–Crippen MR) is 149 cm³/mol. The molecule has 3 heterocycles. The second-order valence-corrected chi connectivity index (χ2v) is 10.3. The quantitative estimate of drug-likeness (QED) is 0.171. The molecule has 0 bridgehead atoms. The third-order valence-corrected chi connectivity index (χ3v) is 7.68. The van der Waals surface area contributed by atoms with E-state index in [0.717, 1.165) is 45.8 Å². The fourth-order valence-electron chi connectivity index (χ4n) is 4.80. The van der Waals surface area contributed by atoms with Crippen LogP contribution in [0.5, 0.6) is 11.5 Å². The number of thiazole rings is 1. The summed E-state index contributed by atoms with van der Waals surface area (Å²) >= 11 is 1.32. The van der Waals surface area contributed by atoms with Crippen LogP contribution in [0.1, 0.15) is 22.5 Å². The Bertz CT molecular complexity index is 2090. The van der Waals surface area contributed by atoms with Gasteiger partial charge in [0.15, 0.2) is 4.96 Å². The molecule has 0 unspecified atom stereocenters. The summed E-state index contributed by atoms with van der Waals surface area (Å²) in [5.74, 6) is -0.0829. The van der Waals surface area contributed by atoms with Crippen molar-refractivity contribution in [3.63, 3.8) is 0 Å². The average molecular weight is 577 g/mol. The first-order chi connectivity index (χ1) is 19.5. The number of ether oxygens (including phenoxy) is 1. The van der Waals surface area contributed by atoms with Gasteiger partial charge in [-0.3, -0.25) is 14.9 Å². The summed E-state index contributed by atoms with van der Waals surface area (Å²) in [6.45, 7) is 3.85. The zero-order valence-electron chi connectivity index (χ0n) is 21.5. The molecule has 0 spiro atoms. The van der Waals surface area contributed by atoms with Gasteiger partial charge in [-0.1, -0.05) is 23.5 Å². The molecule has 3 aromatic carbocycles. The number of rotatable bonds is 5. The summed E-state index contributed by atoms with van der Waals surface area (Å²) < 4.78 is 48.7. The number of nitrogens with zero attached hydrogens (tertiary/aromatic N) is 4. The third kappa shape index (κ3) is 4.61. The van der Waals surface area contributed by atoms with Crippen molar-refractivity contribution in [2.45, 2.75) is 20.0 Å². The third-order valence-electron chi connectivity index (χ3n) is 6.71. The van der Waals surface area contributed by atoms with Crippen LogP contribution >= 0.6 is 11.3 Å². The number of benzene rings is 3. The van der Waals surface area contributed by atoms with Gasteiger partial charge in [-0.15, -0.1) is 0 Å². The molecule has 6 rings (SSSR count). The molecule has 0 amide bonds. The van der Waals surface area contributed by atoms with Crippen LogP contribution in [0.3, 0.4) is 0 Å². The van der Waals surface area contributed by atoms with Crippen molar-refractivity contribution in [3.05, 3.63) is 120 Å². The molecule has 0 N–H and O–H groups in total. The smallest absolute Gasteiger partial charge is 0.416 e. The lowest BCUT2D eigenvalue weighted by atomic mass is 10.2. The van der Waals surface area contributed by atoms with Gasteiger partial charge in [-0.2, -0.15) is 13.2 Å². The minimum atomic E-state index is -4.72. The number of nitro groups is 1. The number of hydrogen-bond acceptors (Lipinski definition) is 6. The molecule has 8 nitrogen and oxygen atoms in total. The van der Waals surface area contributed by atoms with E-state index in [4.69, 9.17) is 4.74 Å². The second-order valence-electron chi connectivity index (χ2n) is 9.33. The number of alkyl halides is 3. The molecule has 0 saturated carbocycles. The van der Waals surface area contributed by atoms with Crippen molar-refractivity contribution in [2.24, 2.45) is 0 Å². The maximum absolute atomic E-state index is 13.2. The maximum Gasteiger partial charge on any atom is 0.416 e. The van der Waals surface area contributed by atoms with Crippen LogP contribution < -0.4 is 14.8 Å². The average Bonchev–Trinajstić information content (AvgIpc) is 3.53. The monoisotopic (exact) mass is 576 g/mol. The lowest BCUT2D eigenvalue weighted by molar-refractivity contribution is -0.385. The molecular formula is C29H19F3N4O4S. The van der Waals surface area contributed by atoms with Gasteiger partial charge in [0.1, 0.15) is 5.75 Å². The molecule has 0 aliphatic heterocycles. The standard InChI is InChI=1S/C29H19F3N4O4S/c1-16-13-18(14-26-27(37)35-23-6-4-3-5-22(23)33-28(35)41-26)17(2)34(16)20-8-10-21(11-9-20)40-25-12-7-19(29(30,31)32)15-24(25)36(38)39/h3-15H,1-2H3/b26-14+. The van der Waals surface area contributed by atoms with Crippen molar-refractivity contribution >= 4 is 39.1 Å². The topological polar surface area (TPSA) is 91.7 Å². The lowest BCUT2D eigenvalue weighted by Gasteiger charge is -2.12. The van der Waals surface area contributed by atoms with E-state index in [-0.39, 0.29) is 17.1 Å². The van der Waals surface area contributed by atoms with Gasteiger partial charge < -0.3 is 9.30 Å². The molecule has 0 aliphatic carbocycles. The molecule has 0 saturated heterocycles. The highest BCUT2D eigenvalue weighted by Crippen LogP contribution is 2.38. The first kappa shape index (κ1) is 26.3. The highest BCUT2D eigenvalue weighted by molar-refractivity contribution is 7.15. The fraction of sp³-hybridized carbons (Fsp3) is 0.103. The van der Waals surface area contributed by atoms with E-state index in [1.807, 2.05) is 54.8 Å². The Balaban J connectivity index is 1.31. The Morgan fingerprint density at radius 1 is 1.02 bits per heavy atom. The summed E-state index contributed by atoms with van der Waals surface area (Å²) in [6.07, 6.45) is -2.87. The van der Waals surface area contributed by atoms with Crippen molar-refractivity contribution < 1.29 is 22.8 Å². The lowest BCUT2D eigenvalue weighted by Crippen LogP contribution is -2.22. The molecule has 0 atom stereocenters. The largest absolute Gasteiger partial charge is 0.450 e.